The molecular weight excluding hydrogens is 360 g/mol. The first kappa shape index (κ1) is 19.7. The molecule has 1 heterocycles. The van der Waals surface area contributed by atoms with Gasteiger partial charge in [0.25, 0.3) is 0 Å². The Hall–Kier alpha value is -3.09. The van der Waals surface area contributed by atoms with Crippen LogP contribution >= 0.6 is 0 Å². The normalized spacial score (nSPS) is 10.9. The van der Waals surface area contributed by atoms with Crippen molar-refractivity contribution in [2.75, 3.05) is 28.4 Å². The molecule has 3 aromatic rings. The number of furan rings is 1. The minimum absolute atomic E-state index is 0.394. The molecule has 0 fully saturated rings. The van der Waals surface area contributed by atoms with Crippen LogP contribution in [0.5, 0.6) is 5.75 Å². The Labute approximate surface area is 163 Å². The maximum atomic E-state index is 11.7. The van der Waals surface area contributed by atoms with Gasteiger partial charge in [-0.2, -0.15) is 0 Å². The molecule has 3 rings (SSSR count). The summed E-state index contributed by atoms with van der Waals surface area (Å²) in [6.45, 7) is 0. The van der Waals surface area contributed by atoms with Crippen LogP contribution in [0.1, 0.15) is 22.2 Å². The maximum Gasteiger partial charge on any atom is 0.337 e. The topological polar surface area (TPSA) is 67.1 Å². The summed E-state index contributed by atoms with van der Waals surface area (Å²) in [5.41, 5.74) is 2.86. The van der Waals surface area contributed by atoms with Crippen LogP contribution in [0.15, 0.2) is 59.0 Å². The second-order valence-electron chi connectivity index (χ2n) is 6.00. The molecule has 0 unspecified atom stereocenters. The highest BCUT2D eigenvalue weighted by Crippen LogP contribution is 2.38. The lowest BCUT2D eigenvalue weighted by Gasteiger charge is -2.13. The lowest BCUT2D eigenvalue weighted by atomic mass is 10.1. The van der Waals surface area contributed by atoms with Gasteiger partial charge >= 0.3 is 5.97 Å². The third kappa shape index (κ3) is 3.93. The molecule has 0 spiro atoms. The Bertz CT molecular complexity index is 938. The lowest BCUT2D eigenvalue weighted by molar-refractivity contribution is -0.105. The zero-order chi connectivity index (χ0) is 20.1. The molecule has 0 atom stereocenters. The van der Waals surface area contributed by atoms with Crippen LogP contribution in [0.2, 0.25) is 0 Å². The van der Waals surface area contributed by atoms with Gasteiger partial charge in [-0.3, -0.25) is 0 Å². The van der Waals surface area contributed by atoms with E-state index in [-0.39, 0.29) is 0 Å². The first-order chi connectivity index (χ1) is 13.6. The predicted molar refractivity (Wildman–Crippen MR) is 104 cm³/mol. The number of esters is 1. The largest absolute Gasteiger partial charge is 0.497 e. The molecule has 0 bridgehead atoms. The summed E-state index contributed by atoms with van der Waals surface area (Å²) in [4.78, 5) is 11.7. The molecule has 1 aromatic heterocycles. The zero-order valence-electron chi connectivity index (χ0n) is 16.2. The van der Waals surface area contributed by atoms with E-state index >= 15 is 0 Å². The van der Waals surface area contributed by atoms with Gasteiger partial charge in [0.05, 0.1) is 25.3 Å². The highest BCUT2D eigenvalue weighted by atomic mass is 16.7. The van der Waals surface area contributed by atoms with Crippen molar-refractivity contribution >= 4 is 5.97 Å². The average molecular weight is 382 g/mol. The lowest BCUT2D eigenvalue weighted by Crippen LogP contribution is -2.04. The minimum atomic E-state index is -0.599. The van der Waals surface area contributed by atoms with E-state index in [1.807, 2.05) is 30.3 Å². The summed E-state index contributed by atoms with van der Waals surface area (Å²) in [6, 6.07) is 16.4. The van der Waals surface area contributed by atoms with Crippen molar-refractivity contribution in [3.8, 4) is 28.4 Å². The average Bonchev–Trinajstić information content (AvgIpc) is 3.19. The standard InChI is InChI=1S/C22H22O6/c1-24-17-7-5-6-16(12-17)19-13-18(22(26-3)27-4)20(28-19)14-8-10-15(11-9-14)21(23)25-2/h5-13,22H,1-4H3. The van der Waals surface area contributed by atoms with E-state index in [1.165, 1.54) is 7.11 Å². The third-order valence-electron chi connectivity index (χ3n) is 4.37. The molecule has 0 radical (unpaired) electrons. The molecule has 0 aliphatic heterocycles. The Morgan fingerprint density at radius 3 is 2.21 bits per heavy atom. The first-order valence-electron chi connectivity index (χ1n) is 8.63. The maximum absolute atomic E-state index is 11.7. The third-order valence-corrected chi connectivity index (χ3v) is 4.37. The van der Waals surface area contributed by atoms with Gasteiger partial charge in [0.15, 0.2) is 6.29 Å². The monoisotopic (exact) mass is 382 g/mol. The van der Waals surface area contributed by atoms with E-state index in [9.17, 15) is 4.79 Å². The Morgan fingerprint density at radius 2 is 1.61 bits per heavy atom. The van der Waals surface area contributed by atoms with Crippen LogP contribution in [-0.4, -0.2) is 34.4 Å². The van der Waals surface area contributed by atoms with Crippen molar-refractivity contribution in [1.29, 1.82) is 0 Å². The highest BCUT2D eigenvalue weighted by molar-refractivity contribution is 5.90. The smallest absolute Gasteiger partial charge is 0.337 e. The van der Waals surface area contributed by atoms with Crippen molar-refractivity contribution in [3.63, 3.8) is 0 Å². The van der Waals surface area contributed by atoms with Gasteiger partial charge in [0.1, 0.15) is 17.3 Å². The van der Waals surface area contributed by atoms with E-state index in [0.29, 0.717) is 17.1 Å². The summed E-state index contributed by atoms with van der Waals surface area (Å²) in [7, 11) is 6.10. The molecule has 0 saturated carbocycles. The van der Waals surface area contributed by atoms with Crippen molar-refractivity contribution in [3.05, 3.63) is 65.7 Å². The quantitative estimate of drug-likeness (QED) is 0.436. The summed E-state index contributed by atoms with van der Waals surface area (Å²) >= 11 is 0. The molecule has 2 aromatic carbocycles. The number of hydrogen-bond acceptors (Lipinski definition) is 6. The van der Waals surface area contributed by atoms with Crippen LogP contribution in [0.4, 0.5) is 0 Å². The second-order valence-corrected chi connectivity index (χ2v) is 6.00. The van der Waals surface area contributed by atoms with Crippen LogP contribution in [0.25, 0.3) is 22.6 Å². The van der Waals surface area contributed by atoms with Crippen molar-refractivity contribution in [2.24, 2.45) is 0 Å². The molecule has 146 valence electrons. The first-order valence-corrected chi connectivity index (χ1v) is 8.63. The van der Waals surface area contributed by atoms with E-state index in [2.05, 4.69) is 0 Å². The molecule has 0 amide bonds. The number of rotatable bonds is 7. The number of carbonyl (C=O) groups is 1. The second kappa shape index (κ2) is 8.73. The molecule has 0 saturated heterocycles. The summed E-state index contributed by atoms with van der Waals surface area (Å²) in [5.74, 6) is 1.59. The molecule has 28 heavy (non-hydrogen) atoms. The number of carbonyl (C=O) groups excluding carboxylic acids is 1. The summed E-state index contributed by atoms with van der Waals surface area (Å²) < 4.78 is 27.1. The molecule has 6 heteroatoms. The van der Waals surface area contributed by atoms with Crippen LogP contribution in [-0.2, 0) is 14.2 Å². The van der Waals surface area contributed by atoms with Crippen molar-refractivity contribution < 1.29 is 28.2 Å². The fourth-order valence-corrected chi connectivity index (χ4v) is 2.95. The van der Waals surface area contributed by atoms with Crippen LogP contribution in [0.3, 0.4) is 0 Å². The van der Waals surface area contributed by atoms with E-state index in [1.54, 1.807) is 45.6 Å². The van der Waals surface area contributed by atoms with E-state index in [0.717, 1.165) is 22.4 Å². The van der Waals surface area contributed by atoms with Gasteiger partial charge in [0.2, 0.25) is 0 Å². The van der Waals surface area contributed by atoms with Crippen molar-refractivity contribution in [1.82, 2.24) is 0 Å². The number of ether oxygens (including phenoxy) is 4. The minimum Gasteiger partial charge on any atom is -0.497 e. The van der Waals surface area contributed by atoms with Gasteiger partial charge in [-0.1, -0.05) is 24.3 Å². The predicted octanol–water partition coefficient (Wildman–Crippen LogP) is 4.70. The van der Waals surface area contributed by atoms with Crippen molar-refractivity contribution in [2.45, 2.75) is 6.29 Å². The number of hydrogen-bond donors (Lipinski definition) is 0. The molecule has 0 aliphatic carbocycles. The fourth-order valence-electron chi connectivity index (χ4n) is 2.95. The zero-order valence-corrected chi connectivity index (χ0v) is 16.2. The Morgan fingerprint density at radius 1 is 0.893 bits per heavy atom. The molecule has 0 aliphatic rings. The Kier molecular flexibility index (Phi) is 6.13. The van der Waals surface area contributed by atoms with Crippen LogP contribution < -0.4 is 4.74 Å². The summed E-state index contributed by atoms with van der Waals surface area (Å²) in [6.07, 6.45) is -0.599. The van der Waals surface area contributed by atoms with E-state index < -0.39 is 12.3 Å². The van der Waals surface area contributed by atoms with Gasteiger partial charge in [-0.25, -0.2) is 4.79 Å². The van der Waals surface area contributed by atoms with E-state index in [4.69, 9.17) is 23.4 Å². The van der Waals surface area contributed by atoms with Gasteiger partial charge < -0.3 is 23.4 Å². The molecular formula is C22H22O6. The fraction of sp³-hybridized carbons (Fsp3) is 0.227. The number of benzene rings is 2. The molecule has 0 N–H and O–H groups in total. The number of methoxy groups -OCH3 is 4. The van der Waals surface area contributed by atoms with Gasteiger partial charge in [-0.15, -0.1) is 0 Å². The molecule has 6 nitrogen and oxygen atoms in total. The van der Waals surface area contributed by atoms with Gasteiger partial charge in [0, 0.05) is 25.3 Å². The SMILES string of the molecule is COC(=O)c1ccc(-c2oc(-c3cccc(OC)c3)cc2C(OC)OC)cc1. The Balaban J connectivity index is 2.08. The van der Waals surface area contributed by atoms with Crippen LogP contribution in [0, 0.1) is 0 Å². The summed E-state index contributed by atoms with van der Waals surface area (Å²) in [5, 5.41) is 0. The van der Waals surface area contributed by atoms with Gasteiger partial charge in [-0.05, 0) is 30.3 Å². The highest BCUT2D eigenvalue weighted by Gasteiger charge is 2.22.